The van der Waals surface area contributed by atoms with Gasteiger partial charge in [0, 0.05) is 15.9 Å². The van der Waals surface area contributed by atoms with Gasteiger partial charge in [-0.15, -0.1) is 0 Å². The van der Waals surface area contributed by atoms with Crippen LogP contribution in [0.15, 0.2) is 18.2 Å². The molecule has 0 atom stereocenters. The van der Waals surface area contributed by atoms with Crippen LogP contribution in [0.25, 0.3) is 0 Å². The van der Waals surface area contributed by atoms with E-state index < -0.39 is 0 Å². The van der Waals surface area contributed by atoms with Gasteiger partial charge in [-0.1, -0.05) is 33.6 Å². The van der Waals surface area contributed by atoms with Crippen molar-refractivity contribution < 1.29 is 4.39 Å². The van der Waals surface area contributed by atoms with Crippen LogP contribution in [0.5, 0.6) is 0 Å². The number of rotatable bonds is 3. The maximum absolute atomic E-state index is 13.4. The first-order valence-corrected chi connectivity index (χ1v) is 6.16. The summed E-state index contributed by atoms with van der Waals surface area (Å²) in [4.78, 5) is 0. The summed E-state index contributed by atoms with van der Waals surface area (Å²) in [6, 6.07) is 4.88. The van der Waals surface area contributed by atoms with Gasteiger partial charge >= 0.3 is 0 Å². The molecule has 0 radical (unpaired) electrons. The SMILES string of the molecule is Fc1cccc(Cl)c1CC1(CBr)CC1. The van der Waals surface area contributed by atoms with Crippen LogP contribution < -0.4 is 0 Å². The van der Waals surface area contributed by atoms with E-state index >= 15 is 0 Å². The Bertz CT molecular complexity index is 327. The maximum Gasteiger partial charge on any atom is 0.127 e. The van der Waals surface area contributed by atoms with Crippen molar-refractivity contribution in [3.8, 4) is 0 Å². The van der Waals surface area contributed by atoms with Crippen LogP contribution in [0.4, 0.5) is 4.39 Å². The van der Waals surface area contributed by atoms with Crippen LogP contribution in [0.1, 0.15) is 18.4 Å². The lowest BCUT2D eigenvalue weighted by Gasteiger charge is -2.13. The lowest BCUT2D eigenvalue weighted by molar-refractivity contribution is 0.544. The molecule has 3 heteroatoms. The summed E-state index contributed by atoms with van der Waals surface area (Å²) in [5.74, 6) is -0.176. The van der Waals surface area contributed by atoms with E-state index in [-0.39, 0.29) is 11.2 Å². The number of alkyl halides is 1. The van der Waals surface area contributed by atoms with Crippen molar-refractivity contribution in [3.63, 3.8) is 0 Å². The summed E-state index contributed by atoms with van der Waals surface area (Å²) in [7, 11) is 0. The molecule has 1 aromatic carbocycles. The molecule has 0 aliphatic heterocycles. The first kappa shape index (κ1) is 10.4. The normalized spacial score (nSPS) is 18.2. The largest absolute Gasteiger partial charge is 0.207 e. The third-order valence-electron chi connectivity index (χ3n) is 2.85. The third kappa shape index (κ3) is 1.96. The van der Waals surface area contributed by atoms with Gasteiger partial charge in [-0.25, -0.2) is 4.39 Å². The zero-order valence-corrected chi connectivity index (χ0v) is 10.0. The summed E-state index contributed by atoms with van der Waals surface area (Å²) >= 11 is 9.44. The highest BCUT2D eigenvalue weighted by Crippen LogP contribution is 2.50. The van der Waals surface area contributed by atoms with Gasteiger partial charge < -0.3 is 0 Å². The zero-order valence-electron chi connectivity index (χ0n) is 7.69. The fraction of sp³-hybridized carbons (Fsp3) is 0.455. The van der Waals surface area contributed by atoms with Gasteiger partial charge in [-0.2, -0.15) is 0 Å². The molecule has 0 N–H and O–H groups in total. The number of hydrogen-bond acceptors (Lipinski definition) is 0. The summed E-state index contributed by atoms with van der Waals surface area (Å²) in [6.07, 6.45) is 3.09. The Balaban J connectivity index is 2.24. The van der Waals surface area contributed by atoms with Crippen molar-refractivity contribution in [2.45, 2.75) is 19.3 Å². The van der Waals surface area contributed by atoms with E-state index in [4.69, 9.17) is 11.6 Å². The fourth-order valence-electron chi connectivity index (χ4n) is 1.61. The van der Waals surface area contributed by atoms with E-state index in [1.165, 1.54) is 18.9 Å². The monoisotopic (exact) mass is 276 g/mol. The fourth-order valence-corrected chi connectivity index (χ4v) is 2.60. The van der Waals surface area contributed by atoms with E-state index in [0.717, 1.165) is 11.8 Å². The molecule has 0 amide bonds. The highest BCUT2D eigenvalue weighted by Gasteiger charge is 2.42. The van der Waals surface area contributed by atoms with Crippen molar-refractivity contribution in [1.29, 1.82) is 0 Å². The Morgan fingerprint density at radius 1 is 1.43 bits per heavy atom. The van der Waals surface area contributed by atoms with Gasteiger partial charge in [0.2, 0.25) is 0 Å². The van der Waals surface area contributed by atoms with Crippen molar-refractivity contribution in [2.75, 3.05) is 5.33 Å². The van der Waals surface area contributed by atoms with Crippen molar-refractivity contribution in [2.24, 2.45) is 5.41 Å². The molecular weight excluding hydrogens is 266 g/mol. The molecule has 0 spiro atoms. The second-order valence-corrected chi connectivity index (χ2v) is 4.98. The molecule has 2 rings (SSSR count). The molecular formula is C11H11BrClF. The topological polar surface area (TPSA) is 0 Å². The van der Waals surface area contributed by atoms with Gasteiger partial charge in [0.05, 0.1) is 0 Å². The Morgan fingerprint density at radius 2 is 2.14 bits per heavy atom. The Morgan fingerprint density at radius 3 is 2.64 bits per heavy atom. The predicted molar refractivity (Wildman–Crippen MR) is 60.6 cm³/mol. The van der Waals surface area contributed by atoms with Crippen LogP contribution in [0.3, 0.4) is 0 Å². The second kappa shape index (κ2) is 3.82. The second-order valence-electron chi connectivity index (χ2n) is 4.01. The van der Waals surface area contributed by atoms with Crippen LogP contribution in [-0.4, -0.2) is 5.33 Å². The molecule has 1 aliphatic rings. The predicted octanol–water partition coefficient (Wildman–Crippen LogP) is 4.20. The molecule has 0 heterocycles. The molecule has 76 valence electrons. The van der Waals surface area contributed by atoms with Crippen molar-refractivity contribution in [3.05, 3.63) is 34.6 Å². The quantitative estimate of drug-likeness (QED) is 0.727. The molecule has 1 fully saturated rings. The Hall–Kier alpha value is -0.0800. The van der Waals surface area contributed by atoms with Gasteiger partial charge in [0.15, 0.2) is 0 Å². The first-order chi connectivity index (χ1) is 6.67. The van der Waals surface area contributed by atoms with Crippen molar-refractivity contribution >= 4 is 27.5 Å². The molecule has 0 aromatic heterocycles. The highest BCUT2D eigenvalue weighted by atomic mass is 79.9. The van der Waals surface area contributed by atoms with Gasteiger partial charge in [-0.05, 0) is 36.8 Å². The van der Waals surface area contributed by atoms with E-state index in [9.17, 15) is 4.39 Å². The standard InChI is InChI=1S/C11H11BrClF/c12-7-11(4-5-11)6-8-9(13)2-1-3-10(8)14/h1-3H,4-7H2. The van der Waals surface area contributed by atoms with E-state index in [1.807, 2.05) is 0 Å². The van der Waals surface area contributed by atoms with E-state index in [1.54, 1.807) is 12.1 Å². The number of halogens is 3. The number of hydrogen-bond donors (Lipinski definition) is 0. The first-order valence-electron chi connectivity index (χ1n) is 4.66. The molecule has 0 bridgehead atoms. The Labute approximate surface area is 96.6 Å². The molecule has 0 nitrogen and oxygen atoms in total. The number of benzene rings is 1. The zero-order chi connectivity index (χ0) is 10.2. The average Bonchev–Trinajstić information content (AvgIpc) is 2.93. The molecule has 14 heavy (non-hydrogen) atoms. The minimum Gasteiger partial charge on any atom is -0.207 e. The lowest BCUT2D eigenvalue weighted by atomic mass is 9.98. The minimum absolute atomic E-state index is 0.176. The highest BCUT2D eigenvalue weighted by molar-refractivity contribution is 9.09. The summed E-state index contributed by atoms with van der Waals surface area (Å²) in [6.45, 7) is 0. The van der Waals surface area contributed by atoms with E-state index in [0.29, 0.717) is 10.6 Å². The van der Waals surface area contributed by atoms with Crippen LogP contribution in [0.2, 0.25) is 5.02 Å². The van der Waals surface area contributed by atoms with Gasteiger partial charge in [0.25, 0.3) is 0 Å². The average molecular weight is 278 g/mol. The Kier molecular flexibility index (Phi) is 2.85. The molecule has 0 unspecified atom stereocenters. The van der Waals surface area contributed by atoms with Crippen LogP contribution in [-0.2, 0) is 6.42 Å². The van der Waals surface area contributed by atoms with Gasteiger partial charge in [-0.3, -0.25) is 0 Å². The van der Waals surface area contributed by atoms with Gasteiger partial charge in [0.1, 0.15) is 5.82 Å². The summed E-state index contributed by atoms with van der Waals surface area (Å²) in [5, 5.41) is 1.49. The summed E-state index contributed by atoms with van der Waals surface area (Å²) < 4.78 is 13.4. The molecule has 1 aliphatic carbocycles. The smallest absolute Gasteiger partial charge is 0.127 e. The van der Waals surface area contributed by atoms with Crippen LogP contribution >= 0.6 is 27.5 Å². The van der Waals surface area contributed by atoms with Crippen LogP contribution in [0, 0.1) is 11.2 Å². The molecule has 0 saturated heterocycles. The molecule has 1 aromatic rings. The minimum atomic E-state index is -0.176. The lowest BCUT2D eigenvalue weighted by Crippen LogP contribution is -2.08. The maximum atomic E-state index is 13.4. The van der Waals surface area contributed by atoms with E-state index in [2.05, 4.69) is 15.9 Å². The summed E-state index contributed by atoms with van der Waals surface area (Å²) in [5.41, 5.74) is 0.942. The van der Waals surface area contributed by atoms with Crippen molar-refractivity contribution in [1.82, 2.24) is 0 Å². The molecule has 1 saturated carbocycles. The third-order valence-corrected chi connectivity index (χ3v) is 4.40.